The number of carbonyl (C=O) groups excluding carboxylic acids is 1. The quantitative estimate of drug-likeness (QED) is 0.376. The lowest BCUT2D eigenvalue weighted by Crippen LogP contribution is -2.24. The Bertz CT molecular complexity index is 1470. The molecule has 1 N–H and O–H groups in total. The fraction of sp³-hybridized carbons (Fsp3) is 0.192. The van der Waals surface area contributed by atoms with Gasteiger partial charge in [0.2, 0.25) is 0 Å². The van der Waals surface area contributed by atoms with Gasteiger partial charge < -0.3 is 14.6 Å². The summed E-state index contributed by atoms with van der Waals surface area (Å²) in [6, 6.07) is 16.5. The molecule has 0 fully saturated rings. The predicted octanol–water partition coefficient (Wildman–Crippen LogP) is 3.14. The van der Waals surface area contributed by atoms with Crippen molar-refractivity contribution >= 4 is 17.5 Å². The van der Waals surface area contributed by atoms with Crippen molar-refractivity contribution in [3.8, 4) is 6.07 Å². The third-order valence-electron chi connectivity index (χ3n) is 5.46. The summed E-state index contributed by atoms with van der Waals surface area (Å²) in [5.74, 6) is -0.349. The van der Waals surface area contributed by atoms with Crippen LogP contribution in [0, 0.1) is 11.3 Å². The number of methoxy groups -OCH3 is 1. The van der Waals surface area contributed by atoms with E-state index in [4.69, 9.17) is 16.3 Å². The molecule has 0 unspecified atom stereocenters. The Morgan fingerprint density at radius 1 is 1.14 bits per heavy atom. The normalized spacial score (nSPS) is 10.7. The van der Waals surface area contributed by atoms with Gasteiger partial charge in [-0.15, -0.1) is 0 Å². The Labute approximate surface area is 212 Å². The van der Waals surface area contributed by atoms with E-state index < -0.39 is 0 Å². The average Bonchev–Trinajstić information content (AvgIpc) is 3.28. The van der Waals surface area contributed by atoms with Crippen molar-refractivity contribution in [3.63, 3.8) is 0 Å². The molecule has 3 aromatic heterocycles. The number of nitriles is 1. The van der Waals surface area contributed by atoms with Crippen LogP contribution in [0.2, 0.25) is 5.02 Å². The first kappa shape index (κ1) is 24.9. The Hall–Kier alpha value is -4.26. The zero-order valence-corrected chi connectivity index (χ0v) is 20.3. The van der Waals surface area contributed by atoms with E-state index in [0.29, 0.717) is 40.6 Å². The number of nitrogens with one attached hydrogen (secondary N) is 1. The standard InChI is InChI=1S/C26H23ClN6O3/c1-36-17-24-22(26(35)30-13-23-20(11-28)10-21(27)12-29-23)16-33(31-24)15-19-7-5-18(6-8-19)14-32-9-3-2-4-25(32)34/h2-10,12,16H,13-15,17H2,1H3,(H,30,35). The van der Waals surface area contributed by atoms with Gasteiger partial charge in [-0.3, -0.25) is 19.3 Å². The van der Waals surface area contributed by atoms with E-state index in [0.717, 1.165) is 11.1 Å². The molecule has 0 saturated carbocycles. The number of rotatable bonds is 9. The molecule has 4 aromatic rings. The predicted molar refractivity (Wildman–Crippen MR) is 133 cm³/mol. The van der Waals surface area contributed by atoms with Crippen molar-refractivity contribution in [2.45, 2.75) is 26.2 Å². The minimum atomic E-state index is -0.349. The van der Waals surface area contributed by atoms with E-state index in [1.54, 1.807) is 27.7 Å². The second-order valence-electron chi connectivity index (χ2n) is 8.05. The minimum Gasteiger partial charge on any atom is -0.378 e. The Balaban J connectivity index is 1.45. The summed E-state index contributed by atoms with van der Waals surface area (Å²) in [6.07, 6.45) is 4.86. The molecular weight excluding hydrogens is 480 g/mol. The number of halogens is 1. The van der Waals surface area contributed by atoms with Crippen molar-refractivity contribution in [1.29, 1.82) is 5.26 Å². The number of amides is 1. The Morgan fingerprint density at radius 2 is 1.89 bits per heavy atom. The van der Waals surface area contributed by atoms with Crippen LogP contribution in [0.15, 0.2) is 71.9 Å². The van der Waals surface area contributed by atoms with Crippen LogP contribution < -0.4 is 10.9 Å². The molecule has 36 heavy (non-hydrogen) atoms. The summed E-state index contributed by atoms with van der Waals surface area (Å²) in [4.78, 5) is 29.0. The molecule has 0 spiro atoms. The van der Waals surface area contributed by atoms with Crippen LogP contribution in [0.3, 0.4) is 0 Å². The summed E-state index contributed by atoms with van der Waals surface area (Å²) in [5.41, 5.74) is 3.54. The highest BCUT2D eigenvalue weighted by molar-refractivity contribution is 6.30. The van der Waals surface area contributed by atoms with Gasteiger partial charge in [-0.2, -0.15) is 10.4 Å². The van der Waals surface area contributed by atoms with Gasteiger partial charge in [-0.25, -0.2) is 0 Å². The molecule has 0 aliphatic carbocycles. The molecule has 1 aromatic carbocycles. The highest BCUT2D eigenvalue weighted by Crippen LogP contribution is 2.15. The lowest BCUT2D eigenvalue weighted by molar-refractivity contribution is 0.0945. The van der Waals surface area contributed by atoms with E-state index >= 15 is 0 Å². The fourth-order valence-electron chi connectivity index (χ4n) is 3.66. The third kappa shape index (κ3) is 6.05. The van der Waals surface area contributed by atoms with Gasteiger partial charge in [0.25, 0.3) is 11.5 Å². The smallest absolute Gasteiger partial charge is 0.255 e. The zero-order chi connectivity index (χ0) is 25.5. The largest absolute Gasteiger partial charge is 0.378 e. The number of hydrogen-bond donors (Lipinski definition) is 1. The highest BCUT2D eigenvalue weighted by atomic mass is 35.5. The highest BCUT2D eigenvalue weighted by Gasteiger charge is 2.17. The maximum absolute atomic E-state index is 12.9. The van der Waals surface area contributed by atoms with Crippen LogP contribution in [0.5, 0.6) is 0 Å². The summed E-state index contributed by atoms with van der Waals surface area (Å²) in [6.45, 7) is 1.18. The lowest BCUT2D eigenvalue weighted by Gasteiger charge is -2.07. The van der Waals surface area contributed by atoms with Gasteiger partial charge in [0.15, 0.2) is 0 Å². The van der Waals surface area contributed by atoms with Gasteiger partial charge in [-0.05, 0) is 23.3 Å². The molecule has 0 atom stereocenters. The summed E-state index contributed by atoms with van der Waals surface area (Å²) in [7, 11) is 1.54. The Kier molecular flexibility index (Phi) is 7.90. The molecule has 0 aliphatic heterocycles. The van der Waals surface area contributed by atoms with Crippen molar-refractivity contribution in [1.82, 2.24) is 24.6 Å². The number of carbonyl (C=O) groups is 1. The van der Waals surface area contributed by atoms with E-state index in [9.17, 15) is 14.9 Å². The number of ether oxygens (including phenoxy) is 1. The molecule has 182 valence electrons. The first-order valence-electron chi connectivity index (χ1n) is 11.1. The Morgan fingerprint density at radius 3 is 2.58 bits per heavy atom. The molecule has 3 heterocycles. The fourth-order valence-corrected chi connectivity index (χ4v) is 3.82. The molecule has 0 saturated heterocycles. The first-order valence-corrected chi connectivity index (χ1v) is 11.5. The molecular formula is C26H23ClN6O3. The van der Waals surface area contributed by atoms with Crippen LogP contribution in [0.1, 0.15) is 38.4 Å². The number of aromatic nitrogens is 4. The van der Waals surface area contributed by atoms with Crippen LogP contribution >= 0.6 is 11.6 Å². The number of pyridine rings is 2. The van der Waals surface area contributed by atoms with E-state index in [2.05, 4.69) is 15.4 Å². The molecule has 1 amide bonds. The van der Waals surface area contributed by atoms with Gasteiger partial charge in [0, 0.05) is 31.8 Å². The molecule has 0 radical (unpaired) electrons. The van der Waals surface area contributed by atoms with Gasteiger partial charge in [0.1, 0.15) is 11.8 Å². The molecule has 0 aliphatic rings. The lowest BCUT2D eigenvalue weighted by atomic mass is 10.1. The van der Waals surface area contributed by atoms with Crippen molar-refractivity contribution in [2.75, 3.05) is 7.11 Å². The van der Waals surface area contributed by atoms with E-state index in [-0.39, 0.29) is 24.6 Å². The summed E-state index contributed by atoms with van der Waals surface area (Å²) >= 11 is 5.89. The maximum atomic E-state index is 12.9. The van der Waals surface area contributed by atoms with E-state index in [1.807, 2.05) is 36.4 Å². The second-order valence-corrected chi connectivity index (χ2v) is 8.48. The van der Waals surface area contributed by atoms with Gasteiger partial charge in [0.05, 0.1) is 48.1 Å². The van der Waals surface area contributed by atoms with Crippen molar-refractivity contribution in [2.24, 2.45) is 0 Å². The van der Waals surface area contributed by atoms with Crippen LogP contribution in [0.4, 0.5) is 0 Å². The number of benzene rings is 1. The second kappa shape index (κ2) is 11.4. The topological polar surface area (TPSA) is 115 Å². The van der Waals surface area contributed by atoms with Crippen LogP contribution in [-0.2, 0) is 31.0 Å². The minimum absolute atomic E-state index is 0.0507. The molecule has 4 rings (SSSR count). The summed E-state index contributed by atoms with van der Waals surface area (Å²) in [5, 5.41) is 16.9. The van der Waals surface area contributed by atoms with Gasteiger partial charge in [-0.1, -0.05) is 41.9 Å². The third-order valence-corrected chi connectivity index (χ3v) is 5.66. The summed E-state index contributed by atoms with van der Waals surface area (Å²) < 4.78 is 8.55. The monoisotopic (exact) mass is 502 g/mol. The number of nitrogens with zero attached hydrogens (tertiary/aromatic N) is 5. The maximum Gasteiger partial charge on any atom is 0.255 e. The molecule has 10 heteroatoms. The SMILES string of the molecule is COCc1nn(Cc2ccc(Cn3ccccc3=O)cc2)cc1C(=O)NCc1ncc(Cl)cc1C#N. The van der Waals surface area contributed by atoms with E-state index in [1.165, 1.54) is 25.4 Å². The molecule has 9 nitrogen and oxygen atoms in total. The zero-order valence-electron chi connectivity index (χ0n) is 19.5. The first-order chi connectivity index (χ1) is 17.5. The van der Waals surface area contributed by atoms with Crippen molar-refractivity contribution in [3.05, 3.63) is 116 Å². The molecule has 0 bridgehead atoms. The van der Waals surface area contributed by atoms with Crippen molar-refractivity contribution < 1.29 is 9.53 Å². The average molecular weight is 503 g/mol. The number of hydrogen-bond acceptors (Lipinski definition) is 6. The van der Waals surface area contributed by atoms with Crippen LogP contribution in [0.25, 0.3) is 0 Å². The van der Waals surface area contributed by atoms with Crippen LogP contribution in [-0.4, -0.2) is 32.3 Å². The van der Waals surface area contributed by atoms with Gasteiger partial charge >= 0.3 is 0 Å².